The SMILES string of the molecule is Cc1cccc(NC(=O)c2c(F)cc(Br)cc2F)c1C. The highest BCUT2D eigenvalue weighted by atomic mass is 79.9. The van der Waals surface area contributed by atoms with Crippen molar-refractivity contribution < 1.29 is 13.6 Å². The Labute approximate surface area is 123 Å². The van der Waals surface area contributed by atoms with E-state index in [0.717, 1.165) is 23.3 Å². The highest BCUT2D eigenvalue weighted by Gasteiger charge is 2.19. The van der Waals surface area contributed by atoms with Crippen molar-refractivity contribution in [1.82, 2.24) is 0 Å². The Morgan fingerprint density at radius 1 is 1.15 bits per heavy atom. The fraction of sp³-hybridized carbons (Fsp3) is 0.133. The van der Waals surface area contributed by atoms with E-state index in [1.165, 1.54) is 0 Å². The molecule has 0 fully saturated rings. The van der Waals surface area contributed by atoms with Crippen LogP contribution in [0, 0.1) is 25.5 Å². The molecule has 0 spiro atoms. The molecule has 5 heteroatoms. The molecule has 104 valence electrons. The first-order valence-corrected chi connectivity index (χ1v) is 6.71. The van der Waals surface area contributed by atoms with Gasteiger partial charge >= 0.3 is 0 Å². The fourth-order valence-electron chi connectivity index (χ4n) is 1.83. The second-order valence-electron chi connectivity index (χ2n) is 4.45. The van der Waals surface area contributed by atoms with Gasteiger partial charge in [0.15, 0.2) is 0 Å². The molecule has 0 radical (unpaired) electrons. The van der Waals surface area contributed by atoms with Crippen molar-refractivity contribution >= 4 is 27.5 Å². The van der Waals surface area contributed by atoms with E-state index in [-0.39, 0.29) is 4.47 Å². The van der Waals surface area contributed by atoms with Crippen LogP contribution in [0.2, 0.25) is 0 Å². The topological polar surface area (TPSA) is 29.1 Å². The Hall–Kier alpha value is -1.75. The minimum absolute atomic E-state index is 0.246. The van der Waals surface area contributed by atoms with Gasteiger partial charge in [-0.2, -0.15) is 0 Å². The standard InChI is InChI=1S/C15H12BrF2NO/c1-8-4-3-5-13(9(8)2)19-15(20)14-11(17)6-10(16)7-12(14)18/h3-7H,1-2H3,(H,19,20). The van der Waals surface area contributed by atoms with Crippen molar-refractivity contribution in [3.8, 4) is 0 Å². The van der Waals surface area contributed by atoms with E-state index in [2.05, 4.69) is 21.2 Å². The molecule has 0 atom stereocenters. The summed E-state index contributed by atoms with van der Waals surface area (Å²) in [5, 5.41) is 2.53. The zero-order valence-corrected chi connectivity index (χ0v) is 12.5. The third-order valence-corrected chi connectivity index (χ3v) is 3.54. The molecular weight excluding hydrogens is 328 g/mol. The van der Waals surface area contributed by atoms with Gasteiger partial charge in [0.05, 0.1) is 0 Å². The van der Waals surface area contributed by atoms with Crippen molar-refractivity contribution in [3.63, 3.8) is 0 Å². The maximum absolute atomic E-state index is 13.7. The van der Waals surface area contributed by atoms with Crippen molar-refractivity contribution in [1.29, 1.82) is 0 Å². The molecule has 1 N–H and O–H groups in total. The molecule has 0 heterocycles. The lowest BCUT2D eigenvalue weighted by Gasteiger charge is -2.11. The number of rotatable bonds is 2. The van der Waals surface area contributed by atoms with Crippen molar-refractivity contribution in [3.05, 3.63) is 63.1 Å². The molecule has 20 heavy (non-hydrogen) atoms. The summed E-state index contributed by atoms with van der Waals surface area (Å²) < 4.78 is 27.7. The first-order valence-electron chi connectivity index (χ1n) is 5.92. The number of carbonyl (C=O) groups is 1. The highest BCUT2D eigenvalue weighted by Crippen LogP contribution is 2.22. The van der Waals surface area contributed by atoms with Crippen LogP contribution in [0.5, 0.6) is 0 Å². The van der Waals surface area contributed by atoms with Crippen molar-refractivity contribution in [2.45, 2.75) is 13.8 Å². The number of hydrogen-bond acceptors (Lipinski definition) is 1. The molecule has 0 aliphatic heterocycles. The first-order chi connectivity index (χ1) is 9.40. The lowest BCUT2D eigenvalue weighted by atomic mass is 10.1. The quantitative estimate of drug-likeness (QED) is 0.851. The Morgan fingerprint density at radius 2 is 1.75 bits per heavy atom. The molecule has 0 aliphatic carbocycles. The van der Waals surface area contributed by atoms with Gasteiger partial charge in [-0.15, -0.1) is 0 Å². The summed E-state index contributed by atoms with van der Waals surface area (Å²) in [5.74, 6) is -2.61. The minimum Gasteiger partial charge on any atom is -0.322 e. The molecule has 0 bridgehead atoms. The van der Waals surface area contributed by atoms with Crippen LogP contribution in [0.25, 0.3) is 0 Å². The van der Waals surface area contributed by atoms with Gasteiger partial charge in [-0.05, 0) is 43.2 Å². The van der Waals surface area contributed by atoms with E-state index in [1.807, 2.05) is 19.9 Å². The van der Waals surface area contributed by atoms with E-state index < -0.39 is 23.1 Å². The van der Waals surface area contributed by atoms with Crippen molar-refractivity contribution in [2.75, 3.05) is 5.32 Å². The summed E-state index contributed by atoms with van der Waals surface area (Å²) in [6.07, 6.45) is 0. The van der Waals surface area contributed by atoms with Gasteiger partial charge < -0.3 is 5.32 Å². The van der Waals surface area contributed by atoms with Gasteiger partial charge in [-0.25, -0.2) is 8.78 Å². The van der Waals surface area contributed by atoms with Crippen LogP contribution in [-0.4, -0.2) is 5.91 Å². The van der Waals surface area contributed by atoms with E-state index in [9.17, 15) is 13.6 Å². The van der Waals surface area contributed by atoms with Crippen LogP contribution in [0.4, 0.5) is 14.5 Å². The largest absolute Gasteiger partial charge is 0.322 e. The predicted molar refractivity (Wildman–Crippen MR) is 77.9 cm³/mol. The third-order valence-electron chi connectivity index (χ3n) is 3.09. The van der Waals surface area contributed by atoms with Crippen LogP contribution in [-0.2, 0) is 0 Å². The Balaban J connectivity index is 2.36. The average Bonchev–Trinajstić information content (AvgIpc) is 2.33. The normalized spacial score (nSPS) is 10.4. The minimum atomic E-state index is -0.903. The molecule has 0 saturated carbocycles. The molecule has 2 nitrogen and oxygen atoms in total. The van der Waals surface area contributed by atoms with E-state index in [4.69, 9.17) is 0 Å². The maximum Gasteiger partial charge on any atom is 0.261 e. The molecule has 0 saturated heterocycles. The van der Waals surface area contributed by atoms with Gasteiger partial charge in [-0.1, -0.05) is 28.1 Å². The number of anilines is 1. The van der Waals surface area contributed by atoms with Gasteiger partial charge in [0.25, 0.3) is 5.91 Å². The molecule has 2 aromatic carbocycles. The highest BCUT2D eigenvalue weighted by molar-refractivity contribution is 9.10. The summed E-state index contributed by atoms with van der Waals surface area (Å²) in [7, 11) is 0. The third kappa shape index (κ3) is 2.88. The van der Waals surface area contributed by atoms with Gasteiger partial charge in [0.2, 0.25) is 0 Å². The first kappa shape index (κ1) is 14.7. The molecule has 0 aromatic heterocycles. The Morgan fingerprint density at radius 3 is 2.35 bits per heavy atom. The number of hydrogen-bond donors (Lipinski definition) is 1. The number of aryl methyl sites for hydroxylation is 1. The van der Waals surface area contributed by atoms with E-state index in [1.54, 1.807) is 12.1 Å². The molecule has 0 aliphatic rings. The van der Waals surface area contributed by atoms with Crippen LogP contribution in [0.15, 0.2) is 34.8 Å². The second-order valence-corrected chi connectivity index (χ2v) is 5.36. The number of nitrogens with one attached hydrogen (secondary N) is 1. The van der Waals surface area contributed by atoms with Crippen LogP contribution in [0.3, 0.4) is 0 Å². The van der Waals surface area contributed by atoms with Gasteiger partial charge in [0.1, 0.15) is 17.2 Å². The van der Waals surface area contributed by atoms with Gasteiger partial charge in [0, 0.05) is 10.2 Å². The van der Waals surface area contributed by atoms with Gasteiger partial charge in [-0.3, -0.25) is 4.79 Å². The van der Waals surface area contributed by atoms with Crippen LogP contribution < -0.4 is 5.32 Å². The lowest BCUT2D eigenvalue weighted by Crippen LogP contribution is -2.16. The molecule has 2 rings (SSSR count). The van der Waals surface area contributed by atoms with Crippen LogP contribution in [0.1, 0.15) is 21.5 Å². The fourth-order valence-corrected chi connectivity index (χ4v) is 2.23. The number of halogens is 3. The molecular formula is C15H12BrF2NO. The zero-order chi connectivity index (χ0) is 14.9. The summed E-state index contributed by atoms with van der Waals surface area (Å²) in [6, 6.07) is 7.47. The number of amides is 1. The summed E-state index contributed by atoms with van der Waals surface area (Å²) in [6.45, 7) is 3.73. The second kappa shape index (κ2) is 5.71. The monoisotopic (exact) mass is 339 g/mol. The Bertz CT molecular complexity index is 663. The van der Waals surface area contributed by atoms with Crippen LogP contribution >= 0.6 is 15.9 Å². The maximum atomic E-state index is 13.7. The summed E-state index contributed by atoms with van der Waals surface area (Å²) in [5.41, 5.74) is 1.80. The average molecular weight is 340 g/mol. The predicted octanol–water partition coefficient (Wildman–Crippen LogP) is 4.60. The number of benzene rings is 2. The Kier molecular flexibility index (Phi) is 4.18. The molecule has 1 amide bonds. The van der Waals surface area contributed by atoms with Crippen molar-refractivity contribution in [2.24, 2.45) is 0 Å². The molecule has 0 unspecified atom stereocenters. The lowest BCUT2D eigenvalue weighted by molar-refractivity contribution is 0.101. The number of carbonyl (C=O) groups excluding carboxylic acids is 1. The van der Waals surface area contributed by atoms with E-state index in [0.29, 0.717) is 5.69 Å². The molecule has 2 aromatic rings. The summed E-state index contributed by atoms with van der Waals surface area (Å²) in [4.78, 5) is 12.0. The van der Waals surface area contributed by atoms with E-state index >= 15 is 0 Å². The zero-order valence-electron chi connectivity index (χ0n) is 10.9. The summed E-state index contributed by atoms with van der Waals surface area (Å²) >= 11 is 2.97. The smallest absolute Gasteiger partial charge is 0.261 e.